The van der Waals surface area contributed by atoms with Crippen molar-refractivity contribution in [2.75, 3.05) is 53.0 Å². The van der Waals surface area contributed by atoms with Crippen LogP contribution in [0.5, 0.6) is 0 Å². The first kappa shape index (κ1) is 26.7. The number of rotatable bonds is 7. The van der Waals surface area contributed by atoms with E-state index in [1.807, 2.05) is 7.05 Å². The van der Waals surface area contributed by atoms with Crippen molar-refractivity contribution in [3.8, 4) is 0 Å². The van der Waals surface area contributed by atoms with Crippen molar-refractivity contribution in [1.82, 2.24) is 20.4 Å². The predicted octanol–water partition coefficient (Wildman–Crippen LogP) is 3.85. The summed E-state index contributed by atoms with van der Waals surface area (Å²) in [6.45, 7) is 9.80. The molecule has 0 aliphatic carbocycles. The Balaban J connectivity index is 0.00000306. The number of nitrogens with zero attached hydrogens (tertiary/aromatic N) is 3. The van der Waals surface area contributed by atoms with Gasteiger partial charge in [-0.15, -0.1) is 24.0 Å². The van der Waals surface area contributed by atoms with Gasteiger partial charge >= 0.3 is 0 Å². The van der Waals surface area contributed by atoms with E-state index < -0.39 is 0 Å². The van der Waals surface area contributed by atoms with E-state index in [4.69, 9.17) is 4.74 Å². The maximum atomic E-state index is 5.54. The third-order valence-electron chi connectivity index (χ3n) is 7.35. The summed E-state index contributed by atoms with van der Waals surface area (Å²) in [6.07, 6.45) is 9.04. The lowest BCUT2D eigenvalue weighted by Crippen LogP contribution is -2.49. The van der Waals surface area contributed by atoms with Gasteiger partial charge in [0.05, 0.1) is 6.61 Å². The number of hydrogen-bond donors (Lipinski definition) is 2. The normalized spacial score (nSPS) is 23.7. The van der Waals surface area contributed by atoms with Gasteiger partial charge in [0.25, 0.3) is 0 Å². The Labute approximate surface area is 217 Å². The van der Waals surface area contributed by atoms with Gasteiger partial charge in [0, 0.05) is 52.4 Å². The molecule has 3 fully saturated rings. The van der Waals surface area contributed by atoms with Crippen LogP contribution in [0.15, 0.2) is 29.3 Å². The number of aliphatic imine (C=N–C) groups is 1. The van der Waals surface area contributed by atoms with Crippen LogP contribution in [0, 0.1) is 5.92 Å². The average Bonchev–Trinajstić information content (AvgIpc) is 3.20. The highest BCUT2D eigenvalue weighted by Gasteiger charge is 2.24. The third-order valence-corrected chi connectivity index (χ3v) is 7.35. The van der Waals surface area contributed by atoms with Crippen LogP contribution < -0.4 is 10.6 Å². The van der Waals surface area contributed by atoms with Crippen molar-refractivity contribution in [2.24, 2.45) is 10.9 Å². The third kappa shape index (κ3) is 8.67. The molecule has 0 spiro atoms. The van der Waals surface area contributed by atoms with Crippen molar-refractivity contribution in [2.45, 2.75) is 64.1 Å². The molecule has 0 saturated carbocycles. The monoisotopic (exact) mass is 569 g/mol. The quantitative estimate of drug-likeness (QED) is 0.297. The molecule has 0 amide bonds. The van der Waals surface area contributed by atoms with Gasteiger partial charge in [-0.3, -0.25) is 9.89 Å². The van der Waals surface area contributed by atoms with Crippen LogP contribution >= 0.6 is 24.0 Å². The van der Waals surface area contributed by atoms with Crippen molar-refractivity contribution in [1.29, 1.82) is 0 Å². The first-order valence-corrected chi connectivity index (χ1v) is 12.9. The van der Waals surface area contributed by atoms with Crippen molar-refractivity contribution < 1.29 is 4.74 Å². The standard InChI is InChI=1S/C26H43N5O.HI/c1-27-26(29-25-10-15-31(16-11-25)19-22-12-17-32-21-22)28-18-23-8-4-5-9-24(23)20-30-13-6-2-3-7-14-30;/h4-5,8-9,22,25H,2-3,6-7,10-21H2,1H3,(H2,27,28,29);1H. The summed E-state index contributed by atoms with van der Waals surface area (Å²) in [5.74, 6) is 1.67. The van der Waals surface area contributed by atoms with Crippen molar-refractivity contribution in [3.63, 3.8) is 0 Å². The second-order valence-electron chi connectivity index (χ2n) is 9.83. The number of halogens is 1. The molecular weight excluding hydrogens is 525 g/mol. The molecule has 0 radical (unpaired) electrons. The molecule has 0 bridgehead atoms. The average molecular weight is 570 g/mol. The summed E-state index contributed by atoms with van der Waals surface area (Å²) in [4.78, 5) is 9.76. The fourth-order valence-electron chi connectivity index (χ4n) is 5.34. The summed E-state index contributed by atoms with van der Waals surface area (Å²) in [5, 5.41) is 7.26. The lowest BCUT2D eigenvalue weighted by molar-refractivity contribution is 0.150. The van der Waals surface area contributed by atoms with E-state index in [9.17, 15) is 0 Å². The number of piperidine rings is 1. The van der Waals surface area contributed by atoms with Gasteiger partial charge < -0.3 is 20.3 Å². The Hall–Kier alpha value is -0.900. The number of benzene rings is 1. The predicted molar refractivity (Wildman–Crippen MR) is 147 cm³/mol. The van der Waals surface area contributed by atoms with E-state index in [1.165, 1.54) is 88.8 Å². The molecule has 1 aromatic carbocycles. The number of nitrogens with one attached hydrogen (secondary N) is 2. The SMILES string of the molecule is CN=C(NCc1ccccc1CN1CCCCCC1)NC1CCN(CC2CCOC2)CC1.I. The Bertz CT molecular complexity index is 708. The second kappa shape index (κ2) is 14.5. The Kier molecular flexibility index (Phi) is 11.7. The molecular formula is C26H44IN5O. The van der Waals surface area contributed by atoms with Gasteiger partial charge in [-0.25, -0.2) is 0 Å². The first-order chi connectivity index (χ1) is 15.8. The molecule has 7 heteroatoms. The Morgan fingerprint density at radius 1 is 0.970 bits per heavy atom. The largest absolute Gasteiger partial charge is 0.381 e. The molecule has 3 aliphatic heterocycles. The van der Waals surface area contributed by atoms with Gasteiger partial charge in [0.1, 0.15) is 0 Å². The van der Waals surface area contributed by atoms with E-state index in [-0.39, 0.29) is 24.0 Å². The zero-order valence-electron chi connectivity index (χ0n) is 20.4. The fourth-order valence-corrected chi connectivity index (χ4v) is 5.34. The molecule has 1 atom stereocenters. The first-order valence-electron chi connectivity index (χ1n) is 12.9. The molecule has 3 aliphatic rings. The highest BCUT2D eigenvalue weighted by Crippen LogP contribution is 2.18. The van der Waals surface area contributed by atoms with Crippen molar-refractivity contribution >= 4 is 29.9 Å². The zero-order valence-corrected chi connectivity index (χ0v) is 22.8. The van der Waals surface area contributed by atoms with Crippen LogP contribution in [0.25, 0.3) is 0 Å². The van der Waals surface area contributed by atoms with Crippen molar-refractivity contribution in [3.05, 3.63) is 35.4 Å². The van der Waals surface area contributed by atoms with Gasteiger partial charge in [0.2, 0.25) is 0 Å². The minimum Gasteiger partial charge on any atom is -0.381 e. The number of likely N-dealkylation sites (tertiary alicyclic amines) is 2. The van der Waals surface area contributed by atoms with Crippen LogP contribution in [-0.2, 0) is 17.8 Å². The van der Waals surface area contributed by atoms with Crippen LogP contribution in [-0.4, -0.2) is 74.8 Å². The highest BCUT2D eigenvalue weighted by molar-refractivity contribution is 14.0. The Morgan fingerprint density at radius 3 is 2.36 bits per heavy atom. The Morgan fingerprint density at radius 2 is 1.70 bits per heavy atom. The van der Waals surface area contributed by atoms with Gasteiger partial charge in [-0.05, 0) is 62.2 Å². The fraction of sp³-hybridized carbons (Fsp3) is 0.731. The maximum Gasteiger partial charge on any atom is 0.191 e. The minimum atomic E-state index is 0. The number of guanidine groups is 1. The number of ether oxygens (including phenoxy) is 1. The molecule has 4 rings (SSSR count). The van der Waals surface area contributed by atoms with Gasteiger partial charge in [0.15, 0.2) is 5.96 Å². The topological polar surface area (TPSA) is 52.1 Å². The molecule has 3 saturated heterocycles. The van der Waals surface area contributed by atoms with Gasteiger partial charge in [-0.1, -0.05) is 37.1 Å². The number of hydrogen-bond acceptors (Lipinski definition) is 4. The molecule has 6 nitrogen and oxygen atoms in total. The van der Waals surface area contributed by atoms with E-state index in [0.29, 0.717) is 6.04 Å². The molecule has 1 unspecified atom stereocenters. The molecule has 2 N–H and O–H groups in total. The highest BCUT2D eigenvalue weighted by atomic mass is 127. The zero-order chi connectivity index (χ0) is 22.0. The lowest BCUT2D eigenvalue weighted by atomic mass is 10.0. The summed E-state index contributed by atoms with van der Waals surface area (Å²) in [5.41, 5.74) is 2.83. The van der Waals surface area contributed by atoms with Crippen LogP contribution in [0.3, 0.4) is 0 Å². The van der Waals surface area contributed by atoms with Crippen LogP contribution in [0.2, 0.25) is 0 Å². The van der Waals surface area contributed by atoms with Crippen LogP contribution in [0.4, 0.5) is 0 Å². The van der Waals surface area contributed by atoms with E-state index in [1.54, 1.807) is 0 Å². The van der Waals surface area contributed by atoms with E-state index >= 15 is 0 Å². The van der Waals surface area contributed by atoms with Gasteiger partial charge in [-0.2, -0.15) is 0 Å². The summed E-state index contributed by atoms with van der Waals surface area (Å²) < 4.78 is 5.54. The summed E-state index contributed by atoms with van der Waals surface area (Å²) >= 11 is 0. The van der Waals surface area contributed by atoms with E-state index in [2.05, 4.69) is 49.7 Å². The van der Waals surface area contributed by atoms with Crippen LogP contribution in [0.1, 0.15) is 56.1 Å². The summed E-state index contributed by atoms with van der Waals surface area (Å²) in [6, 6.07) is 9.39. The summed E-state index contributed by atoms with van der Waals surface area (Å²) in [7, 11) is 1.88. The second-order valence-corrected chi connectivity index (χ2v) is 9.83. The minimum absolute atomic E-state index is 0. The molecule has 3 heterocycles. The lowest BCUT2D eigenvalue weighted by Gasteiger charge is -2.34. The molecule has 0 aromatic heterocycles. The maximum absolute atomic E-state index is 5.54. The van der Waals surface area contributed by atoms with E-state index in [0.717, 1.165) is 38.2 Å². The molecule has 1 aromatic rings. The molecule has 33 heavy (non-hydrogen) atoms. The smallest absolute Gasteiger partial charge is 0.191 e. The molecule has 186 valence electrons.